The molecule has 1 aliphatic heterocycles. The number of ether oxygens (including phenoxy) is 1. The third kappa shape index (κ3) is 1.80. The second kappa shape index (κ2) is 4.57. The molecule has 2 fully saturated rings. The molecule has 1 aromatic rings. The third-order valence-corrected chi connectivity index (χ3v) is 6.18. The van der Waals surface area contributed by atoms with Gasteiger partial charge in [-0.05, 0) is 62.0 Å². The van der Waals surface area contributed by atoms with Crippen LogP contribution in [-0.2, 0) is 16.6 Å². The molecule has 3 aliphatic rings. The number of carbonyl (C=O) groups is 1. The number of methoxy groups -OCH3 is 1. The van der Waals surface area contributed by atoms with Crippen molar-refractivity contribution in [2.45, 2.75) is 43.6 Å². The summed E-state index contributed by atoms with van der Waals surface area (Å²) in [7, 11) is 3.97. The first-order chi connectivity index (χ1) is 10.1. The number of Topliss-reactive ketones (excluding diaryl/α,β-unsaturated/α-hetero) is 1. The number of benzene rings is 1. The van der Waals surface area contributed by atoms with Gasteiger partial charge in [0.15, 0.2) is 0 Å². The molecular formula is C18H23NO2. The van der Waals surface area contributed by atoms with Crippen molar-refractivity contribution in [2.75, 3.05) is 20.7 Å². The zero-order chi connectivity index (χ0) is 14.6. The van der Waals surface area contributed by atoms with Crippen molar-refractivity contribution >= 4 is 5.78 Å². The number of rotatable bonds is 1. The first kappa shape index (κ1) is 13.3. The van der Waals surface area contributed by atoms with Crippen LogP contribution < -0.4 is 4.74 Å². The molecule has 3 atom stereocenters. The molecule has 2 unspecified atom stereocenters. The second-order valence-electron chi connectivity index (χ2n) is 7.04. The molecule has 0 radical (unpaired) electrons. The molecule has 1 heterocycles. The number of carbonyl (C=O) groups excluding carboxylic acids is 1. The molecule has 0 N–H and O–H groups in total. The van der Waals surface area contributed by atoms with Crippen LogP contribution >= 0.6 is 0 Å². The van der Waals surface area contributed by atoms with Crippen LogP contribution in [-0.4, -0.2) is 37.4 Å². The molecule has 1 saturated heterocycles. The Bertz CT molecular complexity index is 597. The van der Waals surface area contributed by atoms with E-state index in [1.807, 2.05) is 0 Å². The Labute approximate surface area is 126 Å². The molecule has 2 bridgehead atoms. The summed E-state index contributed by atoms with van der Waals surface area (Å²) in [4.78, 5) is 14.7. The van der Waals surface area contributed by atoms with Crippen molar-refractivity contribution in [3.05, 3.63) is 29.3 Å². The molecule has 0 amide bonds. The maximum Gasteiger partial charge on any atom is 0.133 e. The molecule has 3 heteroatoms. The zero-order valence-corrected chi connectivity index (χ0v) is 12.9. The van der Waals surface area contributed by atoms with Crippen molar-refractivity contribution in [1.82, 2.24) is 4.90 Å². The molecule has 2 aliphatic carbocycles. The van der Waals surface area contributed by atoms with Crippen molar-refractivity contribution in [3.63, 3.8) is 0 Å². The van der Waals surface area contributed by atoms with Gasteiger partial charge in [0.2, 0.25) is 0 Å². The highest BCUT2D eigenvalue weighted by atomic mass is 16.5. The van der Waals surface area contributed by atoms with Crippen LogP contribution in [0.3, 0.4) is 0 Å². The lowest BCUT2D eigenvalue weighted by atomic mass is 9.52. The Morgan fingerprint density at radius 3 is 3.05 bits per heavy atom. The summed E-state index contributed by atoms with van der Waals surface area (Å²) in [5.41, 5.74) is 2.91. The highest BCUT2D eigenvalue weighted by molar-refractivity contribution is 5.81. The molecule has 0 aromatic heterocycles. The van der Waals surface area contributed by atoms with E-state index in [0.29, 0.717) is 17.7 Å². The van der Waals surface area contributed by atoms with E-state index in [-0.39, 0.29) is 5.41 Å². The van der Waals surface area contributed by atoms with E-state index < -0.39 is 0 Å². The summed E-state index contributed by atoms with van der Waals surface area (Å²) in [6.07, 6.45) is 4.80. The summed E-state index contributed by atoms with van der Waals surface area (Å²) >= 11 is 0. The summed E-state index contributed by atoms with van der Waals surface area (Å²) in [6.45, 7) is 1.10. The van der Waals surface area contributed by atoms with Gasteiger partial charge in [-0.2, -0.15) is 0 Å². The normalized spacial score (nSPS) is 35.0. The number of fused-ring (bicyclic) bond motifs is 1. The van der Waals surface area contributed by atoms with Gasteiger partial charge in [0.05, 0.1) is 7.11 Å². The minimum Gasteiger partial charge on any atom is -0.497 e. The first-order valence-corrected chi connectivity index (χ1v) is 8.03. The van der Waals surface area contributed by atoms with E-state index >= 15 is 0 Å². The highest BCUT2D eigenvalue weighted by Crippen LogP contribution is 2.55. The van der Waals surface area contributed by atoms with E-state index in [9.17, 15) is 4.79 Å². The van der Waals surface area contributed by atoms with Crippen molar-refractivity contribution in [3.8, 4) is 5.75 Å². The number of likely N-dealkylation sites (tertiary alicyclic amines) is 1. The Hall–Kier alpha value is -1.35. The predicted molar refractivity (Wildman–Crippen MR) is 81.8 cm³/mol. The number of piperidine rings is 1. The summed E-state index contributed by atoms with van der Waals surface area (Å²) < 4.78 is 5.45. The van der Waals surface area contributed by atoms with Crippen molar-refractivity contribution in [1.29, 1.82) is 0 Å². The van der Waals surface area contributed by atoms with Gasteiger partial charge in [-0.3, -0.25) is 4.79 Å². The number of hydrogen-bond donors (Lipinski definition) is 0. The first-order valence-electron chi connectivity index (χ1n) is 8.03. The SMILES string of the molecule is COc1ccc2c(c1)C13CCN(C)C(C2)[C@@H]1CCC(=O)C3. The van der Waals surface area contributed by atoms with Crippen LogP contribution in [0, 0.1) is 5.92 Å². The van der Waals surface area contributed by atoms with E-state index in [4.69, 9.17) is 4.74 Å². The summed E-state index contributed by atoms with van der Waals surface area (Å²) in [6, 6.07) is 7.10. The Kier molecular flexibility index (Phi) is 2.90. The lowest BCUT2D eigenvalue weighted by molar-refractivity contribution is -0.126. The molecule has 0 spiro atoms. The number of likely N-dealkylation sites (N-methyl/N-ethyl adjacent to an activating group) is 1. The van der Waals surface area contributed by atoms with E-state index in [0.717, 1.165) is 44.4 Å². The second-order valence-corrected chi connectivity index (χ2v) is 7.04. The van der Waals surface area contributed by atoms with Gasteiger partial charge >= 0.3 is 0 Å². The third-order valence-electron chi connectivity index (χ3n) is 6.18. The molecule has 1 aromatic carbocycles. The Morgan fingerprint density at radius 2 is 2.24 bits per heavy atom. The maximum absolute atomic E-state index is 12.2. The smallest absolute Gasteiger partial charge is 0.133 e. The number of ketones is 1. The van der Waals surface area contributed by atoms with Crippen molar-refractivity contribution < 1.29 is 9.53 Å². The fourth-order valence-corrected chi connectivity index (χ4v) is 5.12. The number of hydrogen-bond acceptors (Lipinski definition) is 3. The lowest BCUT2D eigenvalue weighted by Gasteiger charge is -2.58. The van der Waals surface area contributed by atoms with Crippen LogP contribution in [0.15, 0.2) is 18.2 Å². The molecule has 1 saturated carbocycles. The topological polar surface area (TPSA) is 29.5 Å². The number of nitrogens with zero attached hydrogens (tertiary/aromatic N) is 1. The predicted octanol–water partition coefficient (Wildman–Crippen LogP) is 2.56. The lowest BCUT2D eigenvalue weighted by Crippen LogP contribution is -2.60. The van der Waals surface area contributed by atoms with Crippen LogP contribution in [0.2, 0.25) is 0 Å². The fourth-order valence-electron chi connectivity index (χ4n) is 5.12. The van der Waals surface area contributed by atoms with Gasteiger partial charge in [0.25, 0.3) is 0 Å². The van der Waals surface area contributed by atoms with Gasteiger partial charge in [-0.25, -0.2) is 0 Å². The van der Waals surface area contributed by atoms with E-state index in [2.05, 4.69) is 30.1 Å². The zero-order valence-electron chi connectivity index (χ0n) is 12.9. The van der Waals surface area contributed by atoms with Gasteiger partial charge < -0.3 is 9.64 Å². The van der Waals surface area contributed by atoms with Gasteiger partial charge in [-0.1, -0.05) is 6.07 Å². The van der Waals surface area contributed by atoms with Crippen molar-refractivity contribution in [2.24, 2.45) is 5.92 Å². The van der Waals surface area contributed by atoms with E-state index in [1.54, 1.807) is 7.11 Å². The molecular weight excluding hydrogens is 262 g/mol. The Balaban J connectivity index is 1.90. The molecule has 3 nitrogen and oxygen atoms in total. The monoisotopic (exact) mass is 285 g/mol. The molecule has 4 rings (SSSR count). The summed E-state index contributed by atoms with van der Waals surface area (Å²) in [5, 5.41) is 0. The maximum atomic E-state index is 12.2. The molecule has 21 heavy (non-hydrogen) atoms. The average Bonchev–Trinajstić information content (AvgIpc) is 2.50. The fraction of sp³-hybridized carbons (Fsp3) is 0.611. The van der Waals surface area contributed by atoms with E-state index in [1.165, 1.54) is 11.1 Å². The van der Waals surface area contributed by atoms with Crippen LogP contribution in [0.25, 0.3) is 0 Å². The minimum atomic E-state index is 0.0780. The van der Waals surface area contributed by atoms with Crippen LogP contribution in [0.1, 0.15) is 36.8 Å². The highest BCUT2D eigenvalue weighted by Gasteiger charge is 2.54. The quantitative estimate of drug-likeness (QED) is 0.794. The minimum absolute atomic E-state index is 0.0780. The summed E-state index contributed by atoms with van der Waals surface area (Å²) in [5.74, 6) is 2.01. The van der Waals surface area contributed by atoms with Gasteiger partial charge in [0, 0.05) is 24.3 Å². The molecule has 112 valence electrons. The average molecular weight is 285 g/mol. The Morgan fingerprint density at radius 1 is 1.38 bits per heavy atom. The van der Waals surface area contributed by atoms with Gasteiger partial charge in [-0.15, -0.1) is 0 Å². The van der Waals surface area contributed by atoms with Crippen LogP contribution in [0.4, 0.5) is 0 Å². The largest absolute Gasteiger partial charge is 0.497 e. The standard InChI is InChI=1S/C18H23NO2/c1-19-8-7-18-11-13(20)4-6-15(18)17(19)9-12-3-5-14(21-2)10-16(12)18/h3,5,10,15,17H,4,6-9,11H2,1-2H3/t15-,17?,18?/m0/s1. The van der Waals surface area contributed by atoms with Gasteiger partial charge in [0.1, 0.15) is 11.5 Å². The van der Waals surface area contributed by atoms with Crippen LogP contribution in [0.5, 0.6) is 5.75 Å².